The van der Waals surface area contributed by atoms with E-state index in [4.69, 9.17) is 16.3 Å². The number of amides is 1. The summed E-state index contributed by atoms with van der Waals surface area (Å²) in [6.45, 7) is 4.57. The molecule has 0 aliphatic carbocycles. The summed E-state index contributed by atoms with van der Waals surface area (Å²) >= 11 is 7.79. The van der Waals surface area contributed by atoms with Gasteiger partial charge in [0.25, 0.3) is 0 Å². The molecule has 0 aliphatic heterocycles. The third kappa shape index (κ3) is 5.52. The van der Waals surface area contributed by atoms with Gasteiger partial charge in [-0.25, -0.2) is 5.43 Å². The molecule has 0 fully saturated rings. The lowest BCUT2D eigenvalue weighted by molar-refractivity contribution is -0.120. The summed E-state index contributed by atoms with van der Waals surface area (Å²) in [6, 6.07) is 17.6. The number of hydrogen-bond donors (Lipinski definition) is 1. The van der Waals surface area contributed by atoms with Gasteiger partial charge >= 0.3 is 0 Å². The van der Waals surface area contributed by atoms with Gasteiger partial charge in [-0.05, 0) is 53.3 Å². The van der Waals surface area contributed by atoms with Crippen LogP contribution in [0.25, 0.3) is 10.8 Å². The zero-order valence-electron chi connectivity index (χ0n) is 16.4. The van der Waals surface area contributed by atoms with Crippen LogP contribution in [0.1, 0.15) is 25.0 Å². The van der Waals surface area contributed by atoms with Gasteiger partial charge in [0, 0.05) is 15.5 Å². The van der Waals surface area contributed by atoms with E-state index >= 15 is 0 Å². The first-order chi connectivity index (χ1) is 14.1. The molecular weight excluding hydrogens is 404 g/mol. The van der Waals surface area contributed by atoms with Crippen LogP contribution in [0.2, 0.25) is 5.02 Å². The summed E-state index contributed by atoms with van der Waals surface area (Å²) in [7, 11) is 0. The minimum atomic E-state index is -0.195. The van der Waals surface area contributed by atoms with Gasteiger partial charge in [0.1, 0.15) is 5.75 Å². The molecule has 0 atom stereocenters. The Morgan fingerprint density at radius 1 is 1.17 bits per heavy atom. The van der Waals surface area contributed by atoms with E-state index in [-0.39, 0.29) is 12.3 Å². The average Bonchev–Trinajstić information content (AvgIpc) is 2.71. The van der Waals surface area contributed by atoms with Gasteiger partial charge in [-0.1, -0.05) is 48.9 Å². The zero-order chi connectivity index (χ0) is 20.6. The minimum absolute atomic E-state index is 0.195. The molecule has 3 aromatic carbocycles. The molecule has 0 spiro atoms. The maximum absolute atomic E-state index is 12.4. The Morgan fingerprint density at radius 3 is 2.79 bits per heavy atom. The molecule has 3 rings (SSSR count). The summed E-state index contributed by atoms with van der Waals surface area (Å²) < 4.78 is 5.73. The van der Waals surface area contributed by atoms with Crippen molar-refractivity contribution in [2.45, 2.75) is 25.2 Å². The van der Waals surface area contributed by atoms with Crippen LogP contribution >= 0.6 is 23.4 Å². The predicted octanol–water partition coefficient (Wildman–Crippen LogP) is 5.70. The summed E-state index contributed by atoms with van der Waals surface area (Å²) in [4.78, 5) is 13.5. The van der Waals surface area contributed by atoms with Crippen LogP contribution < -0.4 is 10.2 Å². The van der Waals surface area contributed by atoms with Crippen LogP contribution in [-0.2, 0) is 11.2 Å². The molecule has 3 aromatic rings. The molecule has 0 aliphatic rings. The molecule has 0 saturated heterocycles. The number of halogens is 1. The van der Waals surface area contributed by atoms with Crippen LogP contribution in [0.4, 0.5) is 0 Å². The van der Waals surface area contributed by atoms with Crippen LogP contribution in [0.15, 0.2) is 64.6 Å². The second-order valence-electron chi connectivity index (χ2n) is 6.29. The highest BCUT2D eigenvalue weighted by atomic mass is 35.5. The van der Waals surface area contributed by atoms with Gasteiger partial charge < -0.3 is 4.74 Å². The van der Waals surface area contributed by atoms with Crippen molar-refractivity contribution in [3.8, 4) is 5.75 Å². The second kappa shape index (κ2) is 10.3. The number of ether oxygens (including phenoxy) is 1. The number of benzene rings is 3. The van der Waals surface area contributed by atoms with Crippen molar-refractivity contribution in [1.82, 2.24) is 5.43 Å². The van der Waals surface area contributed by atoms with Crippen molar-refractivity contribution < 1.29 is 9.53 Å². The highest BCUT2D eigenvalue weighted by Gasteiger charge is 2.10. The number of carbonyl (C=O) groups excluding carboxylic acids is 1. The lowest BCUT2D eigenvalue weighted by Crippen LogP contribution is -2.20. The average molecular weight is 427 g/mol. The van der Waals surface area contributed by atoms with E-state index in [0.717, 1.165) is 38.3 Å². The van der Waals surface area contributed by atoms with E-state index in [1.54, 1.807) is 18.0 Å². The van der Waals surface area contributed by atoms with Crippen LogP contribution in [-0.4, -0.2) is 24.5 Å². The Kier molecular flexibility index (Phi) is 7.55. The molecule has 0 unspecified atom stereocenters. The smallest absolute Gasteiger partial charge is 0.244 e. The Labute approximate surface area is 180 Å². The Morgan fingerprint density at radius 2 is 2.00 bits per heavy atom. The van der Waals surface area contributed by atoms with Gasteiger partial charge in [0.2, 0.25) is 5.91 Å². The summed E-state index contributed by atoms with van der Waals surface area (Å²) in [6.07, 6.45) is 1.86. The van der Waals surface area contributed by atoms with Crippen LogP contribution in [0, 0.1) is 0 Å². The van der Waals surface area contributed by atoms with E-state index in [2.05, 4.69) is 17.5 Å². The number of rotatable bonds is 8. The van der Waals surface area contributed by atoms with E-state index in [0.29, 0.717) is 11.6 Å². The SMILES string of the molecule is CCOc1ccc2ccccc2c1/C=N\NC(=O)Cc1cc(Cl)ccc1SCC. The van der Waals surface area contributed by atoms with Crippen LogP contribution in [0.5, 0.6) is 5.75 Å². The molecule has 0 aromatic heterocycles. The fourth-order valence-electron chi connectivity index (χ4n) is 3.05. The Bertz CT molecular complexity index is 1040. The Balaban J connectivity index is 1.77. The van der Waals surface area contributed by atoms with Crippen molar-refractivity contribution in [3.05, 3.63) is 70.7 Å². The monoisotopic (exact) mass is 426 g/mol. The third-order valence-electron chi connectivity index (χ3n) is 4.29. The fourth-order valence-corrected chi connectivity index (χ4v) is 4.04. The van der Waals surface area contributed by atoms with Gasteiger partial charge in [-0.15, -0.1) is 11.8 Å². The van der Waals surface area contributed by atoms with E-state index in [1.807, 2.05) is 61.5 Å². The molecular formula is C23H23ClN2O2S. The molecule has 4 nitrogen and oxygen atoms in total. The first-order valence-electron chi connectivity index (χ1n) is 9.50. The topological polar surface area (TPSA) is 50.7 Å². The molecule has 1 N–H and O–H groups in total. The van der Waals surface area contributed by atoms with Crippen LogP contribution in [0.3, 0.4) is 0 Å². The van der Waals surface area contributed by atoms with Gasteiger partial charge in [-0.2, -0.15) is 5.10 Å². The molecule has 150 valence electrons. The van der Waals surface area contributed by atoms with E-state index in [1.165, 1.54) is 0 Å². The zero-order valence-corrected chi connectivity index (χ0v) is 18.0. The highest BCUT2D eigenvalue weighted by molar-refractivity contribution is 7.99. The standard InChI is InChI=1S/C23H23ClN2O2S/c1-3-28-21-11-9-16-7-5-6-8-19(16)20(21)15-25-26-23(27)14-17-13-18(24)10-12-22(17)29-4-2/h5-13,15H,3-4,14H2,1-2H3,(H,26,27)/b25-15-. The molecule has 29 heavy (non-hydrogen) atoms. The summed E-state index contributed by atoms with van der Waals surface area (Å²) in [5.74, 6) is 1.47. The predicted molar refractivity (Wildman–Crippen MR) is 122 cm³/mol. The van der Waals surface area contributed by atoms with Crippen molar-refractivity contribution in [3.63, 3.8) is 0 Å². The number of hydrogen-bond acceptors (Lipinski definition) is 4. The summed E-state index contributed by atoms with van der Waals surface area (Å²) in [5, 5.41) is 6.91. The number of nitrogens with zero attached hydrogens (tertiary/aromatic N) is 1. The quantitative estimate of drug-likeness (QED) is 0.285. The lowest BCUT2D eigenvalue weighted by Gasteiger charge is -2.10. The van der Waals surface area contributed by atoms with Crippen molar-refractivity contribution >= 4 is 46.3 Å². The first-order valence-corrected chi connectivity index (χ1v) is 10.9. The largest absolute Gasteiger partial charge is 0.493 e. The third-order valence-corrected chi connectivity index (χ3v) is 5.52. The molecule has 0 bridgehead atoms. The maximum Gasteiger partial charge on any atom is 0.244 e. The number of thioether (sulfide) groups is 1. The minimum Gasteiger partial charge on any atom is -0.493 e. The Hall–Kier alpha value is -2.50. The van der Waals surface area contributed by atoms with E-state index in [9.17, 15) is 4.79 Å². The molecule has 1 amide bonds. The normalized spacial score (nSPS) is 11.1. The van der Waals surface area contributed by atoms with Crippen molar-refractivity contribution in [1.29, 1.82) is 0 Å². The number of carbonyl (C=O) groups is 1. The highest BCUT2D eigenvalue weighted by Crippen LogP contribution is 2.27. The second-order valence-corrected chi connectivity index (χ2v) is 8.03. The first kappa shape index (κ1) is 21.2. The molecule has 6 heteroatoms. The summed E-state index contributed by atoms with van der Waals surface area (Å²) in [5.41, 5.74) is 4.37. The van der Waals surface area contributed by atoms with Crippen molar-refractivity contribution in [2.24, 2.45) is 5.10 Å². The lowest BCUT2D eigenvalue weighted by atomic mass is 10.0. The molecule has 0 saturated carbocycles. The van der Waals surface area contributed by atoms with E-state index < -0.39 is 0 Å². The fraction of sp³-hybridized carbons (Fsp3) is 0.217. The molecule has 0 radical (unpaired) electrons. The number of hydrazone groups is 1. The molecule has 0 heterocycles. The number of nitrogens with one attached hydrogen (secondary N) is 1. The van der Waals surface area contributed by atoms with Crippen molar-refractivity contribution in [2.75, 3.05) is 12.4 Å². The number of fused-ring (bicyclic) bond motifs is 1. The van der Waals surface area contributed by atoms with Gasteiger partial charge in [0.05, 0.1) is 19.2 Å². The maximum atomic E-state index is 12.4. The van der Waals surface area contributed by atoms with Gasteiger partial charge in [-0.3, -0.25) is 4.79 Å². The van der Waals surface area contributed by atoms with Gasteiger partial charge in [0.15, 0.2) is 0 Å².